The molecule has 4 rings (SSSR count). The zero-order valence-electron chi connectivity index (χ0n) is 24.4. The van der Waals surface area contributed by atoms with Crippen LogP contribution in [0.25, 0.3) is 0 Å². The Morgan fingerprint density at radius 2 is 1.35 bits per heavy atom. The fourth-order valence-corrected chi connectivity index (χ4v) is 4.84. The highest BCUT2D eigenvalue weighted by molar-refractivity contribution is 6.36. The van der Waals surface area contributed by atoms with E-state index in [0.717, 1.165) is 29.3 Å². The number of anilines is 1. The minimum absolute atomic E-state index is 0.168. The molecule has 0 unspecified atom stereocenters. The Morgan fingerprint density at radius 3 is 1.91 bits per heavy atom. The third kappa shape index (κ3) is 7.09. The summed E-state index contributed by atoms with van der Waals surface area (Å²) in [5.41, 5.74) is 2.58. The Balaban J connectivity index is 1.50. The van der Waals surface area contributed by atoms with Gasteiger partial charge in [0.05, 0.1) is 10.0 Å². The molecule has 0 saturated heterocycles. The van der Waals surface area contributed by atoms with Crippen LogP contribution >= 0.6 is 23.2 Å². The summed E-state index contributed by atoms with van der Waals surface area (Å²) in [7, 11) is 0. The molecule has 10 heteroatoms. The maximum atomic E-state index is 13.8. The first kappa shape index (κ1) is 31.8. The zero-order valence-corrected chi connectivity index (χ0v) is 25.9. The SMILES string of the molecule is Cc1ccc(Oc2c(C)c(Cl)c(Oc3ccc(NC(=O)NC(=O)c4c(F)cccc4F)cc3)c(C)c2Cl)c(C(C)(C)C)c1. The number of imide groups is 1. The lowest BCUT2D eigenvalue weighted by atomic mass is 9.85. The van der Waals surface area contributed by atoms with E-state index in [0.29, 0.717) is 49.9 Å². The lowest BCUT2D eigenvalue weighted by molar-refractivity contribution is 0.0959. The van der Waals surface area contributed by atoms with Crippen molar-refractivity contribution < 1.29 is 27.8 Å². The maximum absolute atomic E-state index is 13.8. The normalized spacial score (nSPS) is 11.2. The van der Waals surface area contributed by atoms with E-state index in [1.807, 2.05) is 24.4 Å². The lowest BCUT2D eigenvalue weighted by Gasteiger charge is -2.25. The minimum atomic E-state index is -1.21. The first-order chi connectivity index (χ1) is 20.2. The van der Waals surface area contributed by atoms with Crippen molar-refractivity contribution >= 4 is 40.8 Å². The summed E-state index contributed by atoms with van der Waals surface area (Å²) in [5, 5.41) is 5.00. The number of halogens is 4. The van der Waals surface area contributed by atoms with Crippen LogP contribution < -0.4 is 20.1 Å². The second kappa shape index (κ2) is 12.6. The highest BCUT2D eigenvalue weighted by atomic mass is 35.5. The number of urea groups is 1. The number of ether oxygens (including phenoxy) is 2. The van der Waals surface area contributed by atoms with Crippen LogP contribution in [0.3, 0.4) is 0 Å². The van der Waals surface area contributed by atoms with Crippen molar-refractivity contribution in [1.29, 1.82) is 0 Å². The van der Waals surface area contributed by atoms with Gasteiger partial charge in [-0.15, -0.1) is 0 Å². The van der Waals surface area contributed by atoms with E-state index in [1.54, 1.807) is 26.0 Å². The summed E-state index contributed by atoms with van der Waals surface area (Å²) < 4.78 is 40.1. The number of amides is 3. The molecule has 0 spiro atoms. The van der Waals surface area contributed by atoms with Gasteiger partial charge in [0, 0.05) is 22.4 Å². The van der Waals surface area contributed by atoms with Crippen molar-refractivity contribution in [3.05, 3.63) is 110 Å². The molecule has 0 heterocycles. The van der Waals surface area contributed by atoms with Crippen LogP contribution in [0.2, 0.25) is 10.0 Å². The highest BCUT2D eigenvalue weighted by Crippen LogP contribution is 2.48. The van der Waals surface area contributed by atoms with Crippen LogP contribution in [-0.2, 0) is 5.41 Å². The smallest absolute Gasteiger partial charge is 0.326 e. The Morgan fingerprint density at radius 1 is 0.791 bits per heavy atom. The average molecular weight is 628 g/mol. The van der Waals surface area contributed by atoms with Crippen LogP contribution in [-0.4, -0.2) is 11.9 Å². The average Bonchev–Trinajstić information content (AvgIpc) is 2.93. The number of rotatable bonds is 6. The monoisotopic (exact) mass is 626 g/mol. The first-order valence-electron chi connectivity index (χ1n) is 13.3. The molecular formula is C33H30Cl2F2N2O4. The largest absolute Gasteiger partial charge is 0.455 e. The minimum Gasteiger partial charge on any atom is -0.455 e. The Hall–Kier alpha value is -4.14. The van der Waals surface area contributed by atoms with Crippen LogP contribution in [0.4, 0.5) is 19.3 Å². The fourth-order valence-electron chi connectivity index (χ4n) is 4.31. The van der Waals surface area contributed by atoms with E-state index in [9.17, 15) is 18.4 Å². The summed E-state index contributed by atoms with van der Waals surface area (Å²) in [6.45, 7) is 11.9. The van der Waals surface area contributed by atoms with Crippen molar-refractivity contribution in [2.45, 2.75) is 47.0 Å². The predicted molar refractivity (Wildman–Crippen MR) is 165 cm³/mol. The zero-order chi connectivity index (χ0) is 31.6. The van der Waals surface area contributed by atoms with Gasteiger partial charge in [0.25, 0.3) is 5.91 Å². The predicted octanol–water partition coefficient (Wildman–Crippen LogP) is 10.0. The van der Waals surface area contributed by atoms with Crippen LogP contribution in [0.15, 0.2) is 60.7 Å². The molecule has 4 aromatic rings. The first-order valence-corrected chi connectivity index (χ1v) is 14.0. The van der Waals surface area contributed by atoms with Gasteiger partial charge in [-0.2, -0.15) is 0 Å². The van der Waals surface area contributed by atoms with Crippen molar-refractivity contribution in [2.24, 2.45) is 0 Å². The molecule has 224 valence electrons. The topological polar surface area (TPSA) is 76.7 Å². The Kier molecular flexibility index (Phi) is 9.32. The molecule has 0 radical (unpaired) electrons. The van der Waals surface area contributed by atoms with E-state index in [1.165, 1.54) is 12.1 Å². The number of benzene rings is 4. The fraction of sp³-hybridized carbons (Fsp3) is 0.212. The molecule has 0 atom stereocenters. The number of carbonyl (C=O) groups is 2. The van der Waals surface area contributed by atoms with Gasteiger partial charge in [-0.05, 0) is 68.7 Å². The second-order valence-corrected chi connectivity index (χ2v) is 11.8. The summed E-state index contributed by atoms with van der Waals surface area (Å²) in [6.07, 6.45) is 0. The molecule has 0 aliphatic carbocycles. The van der Waals surface area contributed by atoms with Crippen molar-refractivity contribution in [3.63, 3.8) is 0 Å². The third-order valence-electron chi connectivity index (χ3n) is 6.64. The maximum Gasteiger partial charge on any atom is 0.326 e. The molecule has 0 fully saturated rings. The van der Waals surface area contributed by atoms with E-state index in [-0.39, 0.29) is 5.41 Å². The number of carbonyl (C=O) groups excluding carboxylic acids is 2. The van der Waals surface area contributed by atoms with Gasteiger partial charge in [-0.1, -0.05) is 67.7 Å². The Labute approximate surface area is 258 Å². The number of aryl methyl sites for hydroxylation is 1. The molecule has 0 aliphatic rings. The summed E-state index contributed by atoms with van der Waals surface area (Å²) >= 11 is 13.5. The van der Waals surface area contributed by atoms with E-state index in [2.05, 4.69) is 32.2 Å². The van der Waals surface area contributed by atoms with Gasteiger partial charge in [0.15, 0.2) is 11.5 Å². The molecule has 0 saturated carbocycles. The van der Waals surface area contributed by atoms with Gasteiger partial charge in [0.2, 0.25) is 0 Å². The van der Waals surface area contributed by atoms with Gasteiger partial charge >= 0.3 is 6.03 Å². The van der Waals surface area contributed by atoms with Crippen molar-refractivity contribution in [2.75, 3.05) is 5.32 Å². The summed E-state index contributed by atoms with van der Waals surface area (Å²) in [4.78, 5) is 24.4. The van der Waals surface area contributed by atoms with E-state index < -0.39 is 29.1 Å². The van der Waals surface area contributed by atoms with Crippen LogP contribution in [0.5, 0.6) is 23.0 Å². The molecule has 4 aromatic carbocycles. The number of hydrogen-bond donors (Lipinski definition) is 2. The van der Waals surface area contributed by atoms with Crippen molar-refractivity contribution in [1.82, 2.24) is 5.32 Å². The van der Waals surface area contributed by atoms with Crippen molar-refractivity contribution in [3.8, 4) is 23.0 Å². The van der Waals surface area contributed by atoms with E-state index in [4.69, 9.17) is 32.7 Å². The van der Waals surface area contributed by atoms with Gasteiger partial charge in [0.1, 0.15) is 28.7 Å². The summed E-state index contributed by atoms with van der Waals surface area (Å²) in [6, 6.07) is 14.1. The van der Waals surface area contributed by atoms with E-state index >= 15 is 0 Å². The summed E-state index contributed by atoms with van der Waals surface area (Å²) in [5.74, 6) is -1.54. The highest BCUT2D eigenvalue weighted by Gasteiger charge is 2.25. The quantitative estimate of drug-likeness (QED) is 0.223. The van der Waals surface area contributed by atoms with Crippen LogP contribution in [0.1, 0.15) is 53.4 Å². The molecule has 0 aliphatic heterocycles. The molecule has 2 N–H and O–H groups in total. The number of nitrogens with one attached hydrogen (secondary N) is 2. The van der Waals surface area contributed by atoms with Gasteiger partial charge in [-0.25, -0.2) is 13.6 Å². The second-order valence-electron chi connectivity index (χ2n) is 11.0. The standard InChI is InChI=1S/C33H30Cl2F2N2O4/c1-17-10-15-25(22(16-17)33(4,5)6)43-30-19(3)27(34)29(18(2)28(30)35)42-21-13-11-20(12-14-21)38-32(41)39-31(40)26-23(36)8-7-9-24(26)37/h7-16H,1-6H3,(H2,38,39,40,41). The molecule has 43 heavy (non-hydrogen) atoms. The third-order valence-corrected chi connectivity index (χ3v) is 7.55. The molecular weight excluding hydrogens is 597 g/mol. The molecule has 3 amide bonds. The van der Waals surface area contributed by atoms with Gasteiger partial charge < -0.3 is 14.8 Å². The Bertz CT molecular complexity index is 1670. The molecule has 6 nitrogen and oxygen atoms in total. The molecule has 0 aromatic heterocycles. The number of hydrogen-bond acceptors (Lipinski definition) is 4. The van der Waals surface area contributed by atoms with Gasteiger partial charge in [-0.3, -0.25) is 10.1 Å². The lowest BCUT2D eigenvalue weighted by Crippen LogP contribution is -2.35. The molecule has 0 bridgehead atoms. The van der Waals surface area contributed by atoms with Crippen LogP contribution in [0, 0.1) is 32.4 Å².